The van der Waals surface area contributed by atoms with Crippen LogP contribution in [0.15, 0.2) is 24.3 Å². The van der Waals surface area contributed by atoms with Gasteiger partial charge in [-0.2, -0.15) is 0 Å². The van der Waals surface area contributed by atoms with E-state index in [0.717, 1.165) is 58.2 Å². The van der Waals surface area contributed by atoms with Crippen LogP contribution >= 0.6 is 0 Å². The van der Waals surface area contributed by atoms with Crippen molar-refractivity contribution < 1.29 is 4.74 Å². The molecule has 1 aromatic carbocycles. The van der Waals surface area contributed by atoms with Crippen LogP contribution in [-0.2, 0) is 6.54 Å². The zero-order chi connectivity index (χ0) is 13.3. The highest BCUT2D eigenvalue weighted by atomic mass is 16.5. The summed E-state index contributed by atoms with van der Waals surface area (Å²) >= 11 is 0. The van der Waals surface area contributed by atoms with Crippen LogP contribution in [0.5, 0.6) is 5.75 Å². The minimum Gasteiger partial charge on any atom is -0.494 e. The maximum Gasteiger partial charge on any atom is 0.123 e. The molecule has 0 radical (unpaired) electrons. The summed E-state index contributed by atoms with van der Waals surface area (Å²) in [4.78, 5) is 2.50. The molecule has 1 aliphatic heterocycles. The number of benzene rings is 1. The Kier molecular flexibility index (Phi) is 6.14. The molecule has 4 heteroatoms. The van der Waals surface area contributed by atoms with Gasteiger partial charge in [0.25, 0.3) is 0 Å². The van der Waals surface area contributed by atoms with Gasteiger partial charge in [0.1, 0.15) is 5.75 Å². The Balaban J connectivity index is 1.70. The summed E-state index contributed by atoms with van der Waals surface area (Å²) in [5.74, 6) is 1.000. The molecule has 2 N–H and O–H groups in total. The summed E-state index contributed by atoms with van der Waals surface area (Å²) in [6, 6.07) is 8.25. The zero-order valence-corrected chi connectivity index (χ0v) is 11.8. The number of hydrogen-bond acceptors (Lipinski definition) is 4. The van der Waals surface area contributed by atoms with E-state index in [2.05, 4.69) is 27.7 Å². The fourth-order valence-electron chi connectivity index (χ4n) is 2.34. The second kappa shape index (κ2) is 8.15. The fourth-order valence-corrected chi connectivity index (χ4v) is 2.34. The summed E-state index contributed by atoms with van der Waals surface area (Å²) in [6.07, 6.45) is 0. The van der Waals surface area contributed by atoms with Gasteiger partial charge in [0.05, 0.1) is 6.61 Å². The van der Waals surface area contributed by atoms with Gasteiger partial charge in [-0.25, -0.2) is 0 Å². The molecule has 1 heterocycles. The largest absolute Gasteiger partial charge is 0.494 e. The van der Waals surface area contributed by atoms with E-state index in [-0.39, 0.29) is 0 Å². The van der Waals surface area contributed by atoms with Crippen molar-refractivity contribution in [1.29, 1.82) is 0 Å². The predicted molar refractivity (Wildman–Crippen MR) is 78.6 cm³/mol. The van der Waals surface area contributed by atoms with Crippen LogP contribution in [0.25, 0.3) is 0 Å². The number of hydrogen-bond donors (Lipinski definition) is 2. The average molecular weight is 263 g/mol. The molecule has 0 aromatic heterocycles. The van der Waals surface area contributed by atoms with Crippen LogP contribution in [0.2, 0.25) is 0 Å². The summed E-state index contributed by atoms with van der Waals surface area (Å²) in [7, 11) is 0. The first-order valence-corrected chi connectivity index (χ1v) is 7.24. The first kappa shape index (κ1) is 14.3. The third kappa shape index (κ3) is 4.82. The van der Waals surface area contributed by atoms with Crippen LogP contribution in [0.3, 0.4) is 0 Å². The van der Waals surface area contributed by atoms with Crippen LogP contribution in [0.1, 0.15) is 12.5 Å². The Morgan fingerprint density at radius 1 is 1.26 bits per heavy atom. The van der Waals surface area contributed by atoms with Crippen LogP contribution < -0.4 is 15.4 Å². The Bertz CT molecular complexity index is 364. The summed E-state index contributed by atoms with van der Waals surface area (Å²) in [6.45, 7) is 10.3. The molecule has 1 aromatic rings. The van der Waals surface area contributed by atoms with E-state index in [0.29, 0.717) is 0 Å². The van der Waals surface area contributed by atoms with E-state index in [1.165, 1.54) is 5.56 Å². The summed E-state index contributed by atoms with van der Waals surface area (Å²) in [5.41, 5.74) is 1.24. The van der Waals surface area contributed by atoms with Crippen LogP contribution in [0, 0.1) is 0 Å². The SMILES string of the molecule is CCOc1ccccc1CNCCN1CCNCC1. The van der Waals surface area contributed by atoms with Gasteiger partial charge in [-0.15, -0.1) is 0 Å². The Morgan fingerprint density at radius 2 is 2.05 bits per heavy atom. The summed E-state index contributed by atoms with van der Waals surface area (Å²) in [5, 5.41) is 6.88. The Hall–Kier alpha value is -1.10. The molecule has 19 heavy (non-hydrogen) atoms. The van der Waals surface area contributed by atoms with E-state index >= 15 is 0 Å². The van der Waals surface area contributed by atoms with E-state index in [9.17, 15) is 0 Å². The minimum atomic E-state index is 0.720. The normalized spacial score (nSPS) is 16.5. The molecule has 0 amide bonds. The molecule has 0 atom stereocenters. The number of nitrogens with zero attached hydrogens (tertiary/aromatic N) is 1. The van der Waals surface area contributed by atoms with E-state index in [1.807, 2.05) is 19.1 Å². The first-order valence-electron chi connectivity index (χ1n) is 7.24. The molecule has 4 nitrogen and oxygen atoms in total. The van der Waals surface area contributed by atoms with Gasteiger partial charge < -0.3 is 15.4 Å². The lowest BCUT2D eigenvalue weighted by atomic mass is 10.2. The first-order chi connectivity index (χ1) is 9.40. The van der Waals surface area contributed by atoms with Gasteiger partial charge in [0.2, 0.25) is 0 Å². The van der Waals surface area contributed by atoms with Gasteiger partial charge >= 0.3 is 0 Å². The smallest absolute Gasteiger partial charge is 0.123 e. The van der Waals surface area contributed by atoms with Crippen LogP contribution in [0.4, 0.5) is 0 Å². The topological polar surface area (TPSA) is 36.5 Å². The van der Waals surface area contributed by atoms with Crippen molar-refractivity contribution in [1.82, 2.24) is 15.5 Å². The highest BCUT2D eigenvalue weighted by Gasteiger charge is 2.08. The number of ether oxygens (including phenoxy) is 1. The monoisotopic (exact) mass is 263 g/mol. The average Bonchev–Trinajstić information content (AvgIpc) is 2.47. The molecule has 0 aliphatic carbocycles. The standard InChI is InChI=1S/C15H25N3O/c1-2-19-15-6-4-3-5-14(15)13-17-9-12-18-10-7-16-8-11-18/h3-6,16-17H,2,7-13H2,1H3. The second-order valence-electron chi connectivity index (χ2n) is 4.81. The van der Waals surface area contributed by atoms with Gasteiger partial charge in [0.15, 0.2) is 0 Å². The molecule has 0 unspecified atom stereocenters. The molecule has 1 saturated heterocycles. The third-order valence-electron chi connectivity index (χ3n) is 3.40. The van der Waals surface area contributed by atoms with Crippen molar-refractivity contribution >= 4 is 0 Å². The molecule has 106 valence electrons. The maximum absolute atomic E-state index is 5.63. The molecule has 0 spiro atoms. The van der Waals surface area contributed by atoms with Gasteiger partial charge in [0, 0.05) is 51.4 Å². The quantitative estimate of drug-likeness (QED) is 0.722. The fraction of sp³-hybridized carbons (Fsp3) is 0.600. The Labute approximate surface area is 116 Å². The molecular formula is C15H25N3O. The number of nitrogens with one attached hydrogen (secondary N) is 2. The van der Waals surface area contributed by atoms with Gasteiger partial charge in [-0.3, -0.25) is 4.90 Å². The lowest BCUT2D eigenvalue weighted by Crippen LogP contribution is -2.45. The van der Waals surface area contributed by atoms with Crippen molar-refractivity contribution in [3.63, 3.8) is 0 Å². The van der Waals surface area contributed by atoms with Crippen LogP contribution in [-0.4, -0.2) is 50.8 Å². The Morgan fingerprint density at radius 3 is 2.84 bits per heavy atom. The van der Waals surface area contributed by atoms with Crippen molar-refractivity contribution in [3.05, 3.63) is 29.8 Å². The van der Waals surface area contributed by atoms with Crippen molar-refractivity contribution in [2.45, 2.75) is 13.5 Å². The van der Waals surface area contributed by atoms with E-state index in [4.69, 9.17) is 4.74 Å². The minimum absolute atomic E-state index is 0.720. The molecule has 1 fully saturated rings. The van der Waals surface area contributed by atoms with E-state index < -0.39 is 0 Å². The second-order valence-corrected chi connectivity index (χ2v) is 4.81. The summed E-state index contributed by atoms with van der Waals surface area (Å²) < 4.78 is 5.63. The number of piperazine rings is 1. The molecule has 2 rings (SSSR count). The van der Waals surface area contributed by atoms with Crippen molar-refractivity contribution in [2.75, 3.05) is 45.9 Å². The van der Waals surface area contributed by atoms with Gasteiger partial charge in [-0.05, 0) is 13.0 Å². The van der Waals surface area contributed by atoms with E-state index in [1.54, 1.807) is 0 Å². The third-order valence-corrected chi connectivity index (χ3v) is 3.40. The highest BCUT2D eigenvalue weighted by molar-refractivity contribution is 5.33. The zero-order valence-electron chi connectivity index (χ0n) is 11.8. The molecule has 0 saturated carbocycles. The van der Waals surface area contributed by atoms with Crippen molar-refractivity contribution in [2.24, 2.45) is 0 Å². The van der Waals surface area contributed by atoms with Crippen molar-refractivity contribution in [3.8, 4) is 5.75 Å². The maximum atomic E-state index is 5.63. The van der Waals surface area contributed by atoms with Gasteiger partial charge in [-0.1, -0.05) is 18.2 Å². The predicted octanol–water partition coefficient (Wildman–Crippen LogP) is 1.08. The molecule has 1 aliphatic rings. The lowest BCUT2D eigenvalue weighted by Gasteiger charge is -2.27. The number of rotatable bonds is 7. The molecular weight excluding hydrogens is 238 g/mol. The molecule has 0 bridgehead atoms. The number of para-hydroxylation sites is 1. The lowest BCUT2D eigenvalue weighted by molar-refractivity contribution is 0.241. The highest BCUT2D eigenvalue weighted by Crippen LogP contribution is 2.17.